The fraction of sp³-hybridized carbons (Fsp3) is 0.556. The first-order valence-corrected chi connectivity index (χ1v) is 10.7. The van der Waals surface area contributed by atoms with Crippen molar-refractivity contribution in [2.45, 2.75) is 90.3 Å². The lowest BCUT2D eigenvalue weighted by Crippen LogP contribution is -2.57. The Balaban J connectivity index is 2.09. The first-order valence-electron chi connectivity index (χ1n) is 18.7. The largest absolute Gasteiger partial charge is 0.326 e. The van der Waals surface area contributed by atoms with Gasteiger partial charge in [0.25, 0.3) is 5.91 Å². The van der Waals surface area contributed by atoms with Crippen LogP contribution in [0, 0.1) is 16.7 Å². The minimum atomic E-state index is -3.99. The second-order valence-electron chi connectivity index (χ2n) is 9.29. The number of carbonyl (C=O) groups excluding carboxylic acids is 1. The van der Waals surface area contributed by atoms with E-state index in [1.807, 2.05) is 13.8 Å². The molecule has 1 aliphatic heterocycles. The standard InChI is InChI=1S/C27H36N6O/c1-25(2)11-9-17(10-12-25)22-21(32-24(34)23-29-16-19(15-28)30-23)8-7-20(31-22)18-13-26(3,4)33-27(5,6)14-18/h7-9,16,18,33H,10-14H2,1-6H3,(H,29,30)(H,32,34)/i3D3,4D3,5D3,6D3,13D2,14D2. The summed E-state index contributed by atoms with van der Waals surface area (Å²) in [6, 6.07) is 3.91. The van der Waals surface area contributed by atoms with Crippen LogP contribution in [0.5, 0.6) is 0 Å². The second kappa shape index (κ2) is 8.66. The first kappa shape index (κ1) is 11.2. The number of allylic oxidation sites excluding steroid dienone is 2. The lowest BCUT2D eigenvalue weighted by atomic mass is 9.74. The predicted molar refractivity (Wildman–Crippen MR) is 134 cm³/mol. The van der Waals surface area contributed by atoms with E-state index in [0.717, 1.165) is 18.3 Å². The van der Waals surface area contributed by atoms with Crippen LogP contribution in [0.25, 0.3) is 5.57 Å². The smallest absolute Gasteiger partial charge is 0.291 e. The fourth-order valence-electron chi connectivity index (χ4n) is 3.92. The van der Waals surface area contributed by atoms with Crippen LogP contribution in [0.2, 0.25) is 0 Å². The molecule has 7 heteroatoms. The maximum atomic E-state index is 13.1. The third-order valence-corrected chi connectivity index (χ3v) is 5.75. The Morgan fingerprint density at radius 1 is 1.26 bits per heavy atom. The molecule has 3 heterocycles. The van der Waals surface area contributed by atoms with E-state index in [9.17, 15) is 4.79 Å². The number of piperidine rings is 1. The van der Waals surface area contributed by atoms with E-state index in [0.29, 0.717) is 24.8 Å². The van der Waals surface area contributed by atoms with Crippen molar-refractivity contribution in [2.75, 3.05) is 5.32 Å². The summed E-state index contributed by atoms with van der Waals surface area (Å²) in [6.07, 6.45) is -3.24. The summed E-state index contributed by atoms with van der Waals surface area (Å²) < 4.78 is 136. The van der Waals surface area contributed by atoms with Crippen LogP contribution >= 0.6 is 0 Å². The number of carbonyl (C=O) groups is 1. The zero-order valence-corrected chi connectivity index (χ0v) is 18.8. The van der Waals surface area contributed by atoms with Gasteiger partial charge in [-0.2, -0.15) is 5.26 Å². The number of nitriles is 1. The number of imidazole rings is 1. The second-order valence-corrected chi connectivity index (χ2v) is 9.29. The SMILES string of the molecule is [2H]C([2H])([2H])C1(C([2H])([2H])[2H])NC(C([2H])([2H])[2H])(C([2H])([2H])[2H])C([2H])([2H])C(c2ccc(NC(=O)c3ncc(C#N)[nH]3)c(C3=CCC(C)(C)CC3)n2)C1([2H])[2H]. The van der Waals surface area contributed by atoms with Gasteiger partial charge in [0, 0.05) is 44.6 Å². The molecule has 34 heavy (non-hydrogen) atoms. The monoisotopic (exact) mass is 476 g/mol. The van der Waals surface area contributed by atoms with Gasteiger partial charge in [-0.15, -0.1) is 0 Å². The number of hydrogen-bond donors (Lipinski definition) is 3. The van der Waals surface area contributed by atoms with Crippen LogP contribution in [-0.2, 0) is 0 Å². The number of amides is 1. The van der Waals surface area contributed by atoms with Crippen LogP contribution in [0.4, 0.5) is 5.69 Å². The van der Waals surface area contributed by atoms with E-state index in [2.05, 4.69) is 20.3 Å². The molecule has 180 valence electrons. The van der Waals surface area contributed by atoms with Crippen molar-refractivity contribution in [3.8, 4) is 6.07 Å². The van der Waals surface area contributed by atoms with Gasteiger partial charge in [-0.05, 0) is 82.5 Å². The van der Waals surface area contributed by atoms with Crippen molar-refractivity contribution < 1.29 is 26.7 Å². The normalized spacial score (nSPS) is 32.8. The maximum absolute atomic E-state index is 13.1. The first-order chi connectivity index (χ1) is 22.4. The minimum Gasteiger partial charge on any atom is -0.326 e. The molecule has 2 aromatic heterocycles. The minimum absolute atomic E-state index is 0.0181. The highest BCUT2D eigenvalue weighted by atomic mass is 16.2. The number of aromatic nitrogens is 3. The van der Waals surface area contributed by atoms with Crippen molar-refractivity contribution in [2.24, 2.45) is 5.41 Å². The molecule has 0 bridgehead atoms. The Hall–Kier alpha value is -2.98. The van der Waals surface area contributed by atoms with Gasteiger partial charge in [0.05, 0.1) is 17.6 Å². The van der Waals surface area contributed by atoms with Gasteiger partial charge in [-0.25, -0.2) is 4.98 Å². The Kier molecular flexibility index (Phi) is 2.85. The molecule has 7 nitrogen and oxygen atoms in total. The Morgan fingerprint density at radius 3 is 2.59 bits per heavy atom. The van der Waals surface area contributed by atoms with Crippen LogP contribution in [0.15, 0.2) is 24.4 Å². The lowest BCUT2D eigenvalue weighted by molar-refractivity contribution is 0.101. The molecule has 1 aliphatic carbocycles. The zero-order valence-electron chi connectivity index (χ0n) is 34.8. The van der Waals surface area contributed by atoms with E-state index < -0.39 is 68.8 Å². The van der Waals surface area contributed by atoms with Crippen molar-refractivity contribution in [3.63, 3.8) is 0 Å². The highest BCUT2D eigenvalue weighted by Gasteiger charge is 2.39. The molecule has 0 radical (unpaired) electrons. The molecule has 0 spiro atoms. The molecule has 1 saturated heterocycles. The molecule has 2 aromatic rings. The molecule has 0 unspecified atom stereocenters. The molecule has 3 N–H and O–H groups in total. The molecule has 4 rings (SSSR count). The van der Waals surface area contributed by atoms with E-state index in [1.165, 1.54) is 0 Å². The summed E-state index contributed by atoms with van der Waals surface area (Å²) in [5.74, 6) is -3.84. The highest BCUT2D eigenvalue weighted by molar-refractivity contribution is 6.03. The number of nitrogens with zero attached hydrogens (tertiary/aromatic N) is 3. The summed E-state index contributed by atoms with van der Waals surface area (Å²) in [7, 11) is 0. The molecule has 1 fully saturated rings. The summed E-state index contributed by atoms with van der Waals surface area (Å²) in [5, 5.41) is 13.3. The molecule has 1 amide bonds. The molecule has 2 aliphatic rings. The summed E-state index contributed by atoms with van der Waals surface area (Å²) >= 11 is 0. The molecule has 0 atom stereocenters. The maximum Gasteiger partial charge on any atom is 0.291 e. The Morgan fingerprint density at radius 2 is 2.00 bits per heavy atom. The van der Waals surface area contributed by atoms with Gasteiger partial charge in [0.2, 0.25) is 0 Å². The fourth-order valence-corrected chi connectivity index (χ4v) is 3.92. The number of nitrogens with one attached hydrogen (secondary N) is 3. The third kappa shape index (κ3) is 5.39. The molecule has 0 aromatic carbocycles. The average Bonchev–Trinajstić information content (AvgIpc) is 3.40. The number of anilines is 1. The highest BCUT2D eigenvalue weighted by Crippen LogP contribution is 2.42. The van der Waals surface area contributed by atoms with Crippen LogP contribution in [-0.4, -0.2) is 31.9 Å². The van der Waals surface area contributed by atoms with Gasteiger partial charge in [0.1, 0.15) is 11.8 Å². The van der Waals surface area contributed by atoms with E-state index in [4.69, 9.17) is 27.2 Å². The number of hydrogen-bond acceptors (Lipinski definition) is 5. The van der Waals surface area contributed by atoms with Gasteiger partial charge < -0.3 is 15.6 Å². The quantitative estimate of drug-likeness (QED) is 0.536. The number of aromatic amines is 1. The van der Waals surface area contributed by atoms with Crippen molar-refractivity contribution >= 4 is 17.2 Å². The lowest BCUT2D eigenvalue weighted by Gasteiger charge is -2.46. The van der Waals surface area contributed by atoms with Gasteiger partial charge in [0.15, 0.2) is 5.82 Å². The molecule has 0 saturated carbocycles. The summed E-state index contributed by atoms with van der Waals surface area (Å²) in [5.41, 5.74) is -8.41. The van der Waals surface area contributed by atoms with Crippen LogP contribution in [0.3, 0.4) is 0 Å². The van der Waals surface area contributed by atoms with Crippen molar-refractivity contribution in [3.05, 3.63) is 47.3 Å². The van der Waals surface area contributed by atoms with E-state index >= 15 is 0 Å². The summed E-state index contributed by atoms with van der Waals surface area (Å²) in [6.45, 7) is -12.0. The van der Waals surface area contributed by atoms with E-state index in [-0.39, 0.29) is 28.3 Å². The number of H-pyrrole nitrogens is 1. The van der Waals surface area contributed by atoms with Crippen LogP contribution in [0.1, 0.15) is 129 Å². The third-order valence-electron chi connectivity index (χ3n) is 5.75. The topological polar surface area (TPSA) is 106 Å². The Bertz CT molecular complexity index is 1650. The van der Waals surface area contributed by atoms with Crippen molar-refractivity contribution in [1.29, 1.82) is 5.26 Å². The zero-order chi connectivity index (χ0) is 38.3. The van der Waals surface area contributed by atoms with Gasteiger partial charge in [-0.3, -0.25) is 9.78 Å². The summed E-state index contributed by atoms with van der Waals surface area (Å²) in [4.78, 5) is 24.0. The Labute approximate surface area is 225 Å². The molecular formula is C27H36N6O. The van der Waals surface area contributed by atoms with Crippen LogP contribution < -0.4 is 10.6 Å². The van der Waals surface area contributed by atoms with Crippen molar-refractivity contribution in [1.82, 2.24) is 20.3 Å². The van der Waals surface area contributed by atoms with Gasteiger partial charge in [-0.1, -0.05) is 19.9 Å². The average molecular weight is 477 g/mol. The van der Waals surface area contributed by atoms with Gasteiger partial charge >= 0.3 is 0 Å². The molecular weight excluding hydrogens is 424 g/mol. The predicted octanol–water partition coefficient (Wildman–Crippen LogP) is 5.55. The number of rotatable bonds is 4. The van der Waals surface area contributed by atoms with E-state index in [1.54, 1.807) is 17.5 Å². The number of pyridine rings is 1.